The van der Waals surface area contributed by atoms with Crippen molar-refractivity contribution in [1.29, 1.82) is 0 Å². The SMILES string of the molecule is Cc1ccc(NC(=O)COC(=O)COc2ccccc2C2SCCS2)c(C)c1. The minimum atomic E-state index is -0.572. The van der Waals surface area contributed by atoms with E-state index in [0.717, 1.165) is 28.2 Å². The summed E-state index contributed by atoms with van der Waals surface area (Å²) in [7, 11) is 0. The number of hydrogen-bond acceptors (Lipinski definition) is 6. The second-order valence-corrected chi connectivity index (χ2v) is 9.15. The normalized spacial score (nSPS) is 13.9. The van der Waals surface area contributed by atoms with Gasteiger partial charge in [-0.3, -0.25) is 4.79 Å². The standard InChI is InChI=1S/C21H23NO4S2/c1-14-7-8-17(15(2)11-14)22-19(23)12-26-20(24)13-25-18-6-4-3-5-16(18)21-27-9-10-28-21/h3-8,11,21H,9-10,12-13H2,1-2H3,(H,22,23). The number of carbonyl (C=O) groups excluding carboxylic acids is 2. The molecule has 0 radical (unpaired) electrons. The maximum Gasteiger partial charge on any atom is 0.344 e. The number of para-hydroxylation sites is 1. The topological polar surface area (TPSA) is 64.6 Å². The molecule has 1 amide bonds. The lowest BCUT2D eigenvalue weighted by Gasteiger charge is -2.15. The Bertz CT molecular complexity index is 850. The van der Waals surface area contributed by atoms with Crippen LogP contribution >= 0.6 is 23.5 Å². The molecular weight excluding hydrogens is 394 g/mol. The average molecular weight is 418 g/mol. The van der Waals surface area contributed by atoms with Gasteiger partial charge in [0.15, 0.2) is 13.2 Å². The molecule has 3 rings (SSSR count). The molecule has 0 saturated carbocycles. The molecule has 0 atom stereocenters. The third-order valence-electron chi connectivity index (χ3n) is 4.16. The minimum Gasteiger partial charge on any atom is -0.482 e. The highest BCUT2D eigenvalue weighted by Gasteiger charge is 2.22. The van der Waals surface area contributed by atoms with Gasteiger partial charge in [-0.05, 0) is 31.5 Å². The van der Waals surface area contributed by atoms with Gasteiger partial charge < -0.3 is 14.8 Å². The van der Waals surface area contributed by atoms with Crippen molar-refractivity contribution in [2.45, 2.75) is 18.4 Å². The quantitative estimate of drug-likeness (QED) is 0.676. The molecule has 0 spiro atoms. The van der Waals surface area contributed by atoms with Crippen LogP contribution in [0.2, 0.25) is 0 Å². The zero-order chi connectivity index (χ0) is 19.9. The molecule has 2 aromatic carbocycles. The zero-order valence-corrected chi connectivity index (χ0v) is 17.5. The molecule has 0 aromatic heterocycles. The second-order valence-electron chi connectivity index (χ2n) is 6.43. The van der Waals surface area contributed by atoms with Gasteiger partial charge >= 0.3 is 5.97 Å². The first-order chi connectivity index (χ1) is 13.5. The summed E-state index contributed by atoms with van der Waals surface area (Å²) in [6.45, 7) is 3.34. The number of carbonyl (C=O) groups is 2. The van der Waals surface area contributed by atoms with Crippen LogP contribution in [0.1, 0.15) is 21.3 Å². The number of esters is 1. The van der Waals surface area contributed by atoms with E-state index in [-0.39, 0.29) is 19.1 Å². The van der Waals surface area contributed by atoms with Crippen LogP contribution in [0.5, 0.6) is 5.75 Å². The summed E-state index contributed by atoms with van der Waals surface area (Å²) in [5.41, 5.74) is 3.87. The van der Waals surface area contributed by atoms with Crippen LogP contribution in [0.25, 0.3) is 0 Å². The first-order valence-corrected chi connectivity index (χ1v) is 11.1. The Labute approximate surface area is 173 Å². The van der Waals surface area contributed by atoms with Crippen molar-refractivity contribution in [3.63, 3.8) is 0 Å². The highest BCUT2D eigenvalue weighted by atomic mass is 32.2. The summed E-state index contributed by atoms with van der Waals surface area (Å²) < 4.78 is 11.0. The lowest BCUT2D eigenvalue weighted by molar-refractivity contribution is -0.149. The van der Waals surface area contributed by atoms with Crippen LogP contribution in [0.3, 0.4) is 0 Å². The van der Waals surface area contributed by atoms with Crippen LogP contribution < -0.4 is 10.1 Å². The van der Waals surface area contributed by atoms with E-state index in [4.69, 9.17) is 9.47 Å². The van der Waals surface area contributed by atoms with Crippen molar-refractivity contribution in [1.82, 2.24) is 0 Å². The van der Waals surface area contributed by atoms with Crippen LogP contribution in [0.4, 0.5) is 5.69 Å². The fourth-order valence-electron chi connectivity index (χ4n) is 2.81. The smallest absolute Gasteiger partial charge is 0.344 e. The molecule has 2 aromatic rings. The van der Waals surface area contributed by atoms with Gasteiger partial charge in [-0.2, -0.15) is 0 Å². The molecule has 28 heavy (non-hydrogen) atoms. The number of amides is 1. The first kappa shape index (κ1) is 20.6. The molecule has 1 aliphatic heterocycles. The molecule has 0 unspecified atom stereocenters. The van der Waals surface area contributed by atoms with Crippen LogP contribution in [0, 0.1) is 13.8 Å². The number of nitrogens with one attached hydrogen (secondary N) is 1. The van der Waals surface area contributed by atoms with Crippen molar-refractivity contribution < 1.29 is 19.1 Å². The maximum atomic E-state index is 12.0. The molecule has 1 aliphatic rings. The van der Waals surface area contributed by atoms with E-state index in [9.17, 15) is 9.59 Å². The lowest BCUT2D eigenvalue weighted by atomic mass is 10.1. The summed E-state index contributed by atoms with van der Waals surface area (Å²) in [4.78, 5) is 24.0. The van der Waals surface area contributed by atoms with Gasteiger partial charge in [0.05, 0.1) is 4.58 Å². The van der Waals surface area contributed by atoms with Crippen LogP contribution in [-0.4, -0.2) is 36.6 Å². The van der Waals surface area contributed by atoms with Crippen molar-refractivity contribution in [3.8, 4) is 5.75 Å². The fourth-order valence-corrected chi connectivity index (χ4v) is 5.72. The van der Waals surface area contributed by atoms with E-state index in [0.29, 0.717) is 16.0 Å². The molecule has 148 valence electrons. The Kier molecular flexibility index (Phi) is 7.28. The zero-order valence-electron chi connectivity index (χ0n) is 15.9. The molecule has 1 fully saturated rings. The third kappa shape index (κ3) is 5.69. The highest BCUT2D eigenvalue weighted by molar-refractivity contribution is 8.19. The van der Waals surface area contributed by atoms with Gasteiger partial charge in [-0.1, -0.05) is 35.9 Å². The average Bonchev–Trinajstić information content (AvgIpc) is 3.22. The van der Waals surface area contributed by atoms with Crippen LogP contribution in [-0.2, 0) is 14.3 Å². The van der Waals surface area contributed by atoms with E-state index in [2.05, 4.69) is 5.32 Å². The number of benzene rings is 2. The summed E-state index contributed by atoms with van der Waals surface area (Å²) in [5.74, 6) is 1.96. The Morgan fingerprint density at radius 1 is 1.07 bits per heavy atom. The van der Waals surface area contributed by atoms with E-state index in [1.165, 1.54) is 0 Å². The Morgan fingerprint density at radius 2 is 1.82 bits per heavy atom. The summed E-state index contributed by atoms with van der Waals surface area (Å²) in [6.07, 6.45) is 0. The van der Waals surface area contributed by atoms with Gasteiger partial charge in [0.1, 0.15) is 5.75 Å². The monoisotopic (exact) mass is 417 g/mol. The predicted molar refractivity (Wildman–Crippen MR) is 115 cm³/mol. The van der Waals surface area contributed by atoms with Crippen molar-refractivity contribution in [2.75, 3.05) is 30.0 Å². The van der Waals surface area contributed by atoms with Gasteiger partial charge in [0.2, 0.25) is 0 Å². The van der Waals surface area contributed by atoms with E-state index < -0.39 is 5.97 Å². The van der Waals surface area contributed by atoms with Gasteiger partial charge in [0.25, 0.3) is 5.91 Å². The van der Waals surface area contributed by atoms with Crippen molar-refractivity contribution in [2.24, 2.45) is 0 Å². The van der Waals surface area contributed by atoms with Gasteiger partial charge in [-0.15, -0.1) is 23.5 Å². The van der Waals surface area contributed by atoms with Crippen LogP contribution in [0.15, 0.2) is 42.5 Å². The first-order valence-electron chi connectivity index (χ1n) is 9.00. The van der Waals surface area contributed by atoms with Crippen molar-refractivity contribution in [3.05, 3.63) is 59.2 Å². The van der Waals surface area contributed by atoms with Gasteiger partial charge in [-0.25, -0.2) is 4.79 Å². The highest BCUT2D eigenvalue weighted by Crippen LogP contribution is 2.48. The Balaban J connectivity index is 1.46. The third-order valence-corrected chi connectivity index (χ3v) is 7.23. The lowest BCUT2D eigenvalue weighted by Crippen LogP contribution is -2.24. The summed E-state index contributed by atoms with van der Waals surface area (Å²) >= 11 is 3.75. The molecule has 1 N–H and O–H groups in total. The number of rotatable bonds is 7. The summed E-state index contributed by atoms with van der Waals surface area (Å²) in [5, 5.41) is 2.75. The number of aryl methyl sites for hydroxylation is 2. The number of anilines is 1. The maximum absolute atomic E-state index is 12.0. The number of thioether (sulfide) groups is 2. The Hall–Kier alpha value is -2.12. The molecular formula is C21H23NO4S2. The second kappa shape index (κ2) is 9.89. The molecule has 0 bridgehead atoms. The van der Waals surface area contributed by atoms with E-state index in [1.54, 1.807) is 0 Å². The Morgan fingerprint density at radius 3 is 2.57 bits per heavy atom. The van der Waals surface area contributed by atoms with E-state index in [1.807, 2.05) is 79.8 Å². The van der Waals surface area contributed by atoms with Gasteiger partial charge in [0, 0.05) is 22.8 Å². The molecule has 0 aliphatic carbocycles. The summed E-state index contributed by atoms with van der Waals surface area (Å²) in [6, 6.07) is 13.5. The number of ether oxygens (including phenoxy) is 2. The fraction of sp³-hybridized carbons (Fsp3) is 0.333. The molecule has 7 heteroatoms. The number of hydrogen-bond donors (Lipinski definition) is 1. The molecule has 1 heterocycles. The largest absolute Gasteiger partial charge is 0.482 e. The van der Waals surface area contributed by atoms with E-state index >= 15 is 0 Å². The molecule has 1 saturated heterocycles. The minimum absolute atomic E-state index is 0.226. The van der Waals surface area contributed by atoms with Crippen molar-refractivity contribution >= 4 is 41.1 Å². The predicted octanol–water partition coefficient (Wildman–Crippen LogP) is 4.34. The molecule has 5 nitrogen and oxygen atoms in total.